The topological polar surface area (TPSA) is 37.3 Å². The van der Waals surface area contributed by atoms with Crippen LogP contribution in [-0.4, -0.2) is 11.1 Å². The van der Waals surface area contributed by atoms with E-state index < -0.39 is 11.8 Å². The van der Waals surface area contributed by atoms with Crippen LogP contribution in [0.25, 0.3) is 11.1 Å². The monoisotopic (exact) mass is 298 g/mol. The number of rotatable bonds is 3. The zero-order valence-electron chi connectivity index (χ0n) is 9.66. The molecule has 0 spiro atoms. The van der Waals surface area contributed by atoms with Gasteiger partial charge >= 0.3 is 5.97 Å². The summed E-state index contributed by atoms with van der Waals surface area (Å²) in [6, 6.07) is 8.98. The lowest BCUT2D eigenvalue weighted by Gasteiger charge is -2.07. The van der Waals surface area contributed by atoms with Gasteiger partial charge in [-0.05, 0) is 35.4 Å². The van der Waals surface area contributed by atoms with E-state index in [0.717, 1.165) is 0 Å². The highest BCUT2D eigenvalue weighted by atomic mass is 35.5. The van der Waals surface area contributed by atoms with E-state index in [1.165, 1.54) is 12.1 Å². The van der Waals surface area contributed by atoms with E-state index in [1.807, 2.05) is 0 Å². The van der Waals surface area contributed by atoms with Gasteiger partial charge in [0.15, 0.2) is 0 Å². The van der Waals surface area contributed by atoms with E-state index in [9.17, 15) is 9.18 Å². The minimum atomic E-state index is -1.02. The Morgan fingerprint density at radius 3 is 2.53 bits per heavy atom. The largest absolute Gasteiger partial charge is 0.481 e. The smallest absolute Gasteiger partial charge is 0.307 e. The lowest BCUT2D eigenvalue weighted by Crippen LogP contribution is -2.00. The summed E-state index contributed by atoms with van der Waals surface area (Å²) in [5, 5.41) is 9.61. The third-order valence-corrected chi connectivity index (χ3v) is 3.10. The molecule has 0 atom stereocenters. The van der Waals surface area contributed by atoms with Crippen LogP contribution in [0.1, 0.15) is 5.56 Å². The van der Waals surface area contributed by atoms with Crippen LogP contribution in [0.2, 0.25) is 10.0 Å². The van der Waals surface area contributed by atoms with Gasteiger partial charge in [-0.1, -0.05) is 35.3 Å². The molecule has 2 rings (SSSR count). The second-order valence-corrected chi connectivity index (χ2v) is 4.89. The fraction of sp³-hybridized carbons (Fsp3) is 0.0714. The minimum Gasteiger partial charge on any atom is -0.481 e. The Balaban J connectivity index is 2.49. The minimum absolute atomic E-state index is 0.240. The highest BCUT2D eigenvalue weighted by Gasteiger charge is 2.09. The number of aliphatic carboxylic acids is 1. The summed E-state index contributed by atoms with van der Waals surface area (Å²) in [6.45, 7) is 0. The third kappa shape index (κ3) is 3.46. The van der Waals surface area contributed by atoms with Gasteiger partial charge in [0.05, 0.1) is 6.42 Å². The molecule has 5 heteroatoms. The molecule has 0 saturated heterocycles. The molecule has 98 valence electrons. The molecule has 19 heavy (non-hydrogen) atoms. The lowest BCUT2D eigenvalue weighted by atomic mass is 10.0. The molecule has 0 unspecified atom stereocenters. The van der Waals surface area contributed by atoms with Crippen molar-refractivity contribution in [1.82, 2.24) is 0 Å². The summed E-state index contributed by atoms with van der Waals surface area (Å²) in [5.74, 6) is -1.52. The Bertz CT molecular complexity index is 641. The first-order valence-electron chi connectivity index (χ1n) is 5.42. The maximum absolute atomic E-state index is 13.5. The lowest BCUT2D eigenvalue weighted by molar-refractivity contribution is -0.136. The van der Waals surface area contributed by atoms with Gasteiger partial charge in [-0.25, -0.2) is 4.39 Å². The van der Waals surface area contributed by atoms with Crippen molar-refractivity contribution in [2.24, 2.45) is 0 Å². The quantitative estimate of drug-likeness (QED) is 0.910. The Kier molecular flexibility index (Phi) is 4.08. The number of carboxylic acid groups (broad SMARTS) is 1. The molecule has 0 bridgehead atoms. The summed E-state index contributed by atoms with van der Waals surface area (Å²) in [5.41, 5.74) is 1.52. The van der Waals surface area contributed by atoms with Gasteiger partial charge in [0.25, 0.3) is 0 Å². The highest BCUT2D eigenvalue weighted by Crippen LogP contribution is 2.31. The van der Waals surface area contributed by atoms with Crippen LogP contribution < -0.4 is 0 Å². The number of carbonyl (C=O) groups is 1. The van der Waals surface area contributed by atoms with Gasteiger partial charge in [0, 0.05) is 15.6 Å². The summed E-state index contributed by atoms with van der Waals surface area (Å²) in [4.78, 5) is 10.7. The summed E-state index contributed by atoms with van der Waals surface area (Å²) in [7, 11) is 0. The van der Waals surface area contributed by atoms with Gasteiger partial charge in [0.1, 0.15) is 5.82 Å². The van der Waals surface area contributed by atoms with Gasteiger partial charge in [-0.15, -0.1) is 0 Å². The maximum Gasteiger partial charge on any atom is 0.307 e. The molecule has 0 fully saturated rings. The van der Waals surface area contributed by atoms with Crippen molar-refractivity contribution in [1.29, 1.82) is 0 Å². The van der Waals surface area contributed by atoms with Crippen molar-refractivity contribution in [2.75, 3.05) is 0 Å². The normalized spacial score (nSPS) is 10.5. The van der Waals surface area contributed by atoms with E-state index in [-0.39, 0.29) is 6.42 Å². The van der Waals surface area contributed by atoms with Crippen molar-refractivity contribution >= 4 is 29.2 Å². The standard InChI is InChI=1S/C14H9Cl2FO2/c15-10-1-2-12(13(16)7-10)9-3-8(5-14(18)19)4-11(17)6-9/h1-4,6-7H,5H2,(H,18,19). The molecule has 0 saturated carbocycles. The molecule has 2 aromatic carbocycles. The van der Waals surface area contributed by atoms with Crippen LogP contribution in [0.15, 0.2) is 36.4 Å². The van der Waals surface area contributed by atoms with Gasteiger partial charge in [0.2, 0.25) is 0 Å². The molecule has 0 aliphatic carbocycles. The van der Waals surface area contributed by atoms with Crippen LogP contribution in [0.4, 0.5) is 4.39 Å². The van der Waals surface area contributed by atoms with Crippen molar-refractivity contribution < 1.29 is 14.3 Å². The van der Waals surface area contributed by atoms with Crippen molar-refractivity contribution in [3.8, 4) is 11.1 Å². The average molecular weight is 299 g/mol. The van der Waals surface area contributed by atoms with E-state index in [4.69, 9.17) is 28.3 Å². The molecular formula is C14H9Cl2FO2. The number of carboxylic acids is 1. The highest BCUT2D eigenvalue weighted by molar-refractivity contribution is 6.36. The zero-order chi connectivity index (χ0) is 14.0. The molecule has 0 heterocycles. The van der Waals surface area contributed by atoms with Crippen LogP contribution >= 0.6 is 23.2 Å². The third-order valence-electron chi connectivity index (χ3n) is 2.56. The van der Waals surface area contributed by atoms with E-state index in [2.05, 4.69) is 0 Å². The Morgan fingerprint density at radius 2 is 1.89 bits per heavy atom. The van der Waals surface area contributed by atoms with Crippen LogP contribution in [-0.2, 0) is 11.2 Å². The molecule has 0 amide bonds. The summed E-state index contributed by atoms with van der Waals surface area (Å²) < 4.78 is 13.5. The number of hydrogen-bond acceptors (Lipinski definition) is 1. The van der Waals surface area contributed by atoms with Crippen molar-refractivity contribution in [3.63, 3.8) is 0 Å². The van der Waals surface area contributed by atoms with Crippen LogP contribution in [0.5, 0.6) is 0 Å². The Hall–Kier alpha value is -1.58. The number of halogens is 3. The fourth-order valence-electron chi connectivity index (χ4n) is 1.81. The summed E-state index contributed by atoms with van der Waals surface area (Å²) in [6.07, 6.45) is -0.240. The molecule has 1 N–H and O–H groups in total. The molecule has 0 radical (unpaired) electrons. The second kappa shape index (κ2) is 5.59. The van der Waals surface area contributed by atoms with Crippen molar-refractivity contribution in [3.05, 3.63) is 57.8 Å². The van der Waals surface area contributed by atoms with Crippen LogP contribution in [0.3, 0.4) is 0 Å². The van der Waals surface area contributed by atoms with E-state index in [1.54, 1.807) is 24.3 Å². The average Bonchev–Trinajstić information content (AvgIpc) is 2.26. The molecule has 2 nitrogen and oxygen atoms in total. The first kappa shape index (κ1) is 13.8. The van der Waals surface area contributed by atoms with Gasteiger partial charge in [-0.2, -0.15) is 0 Å². The molecule has 0 aliphatic rings. The Labute approximate surface area is 119 Å². The fourth-order valence-corrected chi connectivity index (χ4v) is 2.32. The zero-order valence-corrected chi connectivity index (χ0v) is 11.2. The molecule has 0 aromatic heterocycles. The molecule has 2 aromatic rings. The van der Waals surface area contributed by atoms with E-state index >= 15 is 0 Å². The van der Waals surface area contributed by atoms with E-state index in [0.29, 0.717) is 26.7 Å². The predicted octanol–water partition coefficient (Wildman–Crippen LogP) is 4.43. The first-order chi connectivity index (χ1) is 8.95. The molecule has 0 aliphatic heterocycles. The maximum atomic E-state index is 13.5. The Morgan fingerprint density at radius 1 is 1.16 bits per heavy atom. The number of benzene rings is 2. The SMILES string of the molecule is O=C(O)Cc1cc(F)cc(-c2ccc(Cl)cc2Cl)c1. The second-order valence-electron chi connectivity index (χ2n) is 4.04. The summed E-state index contributed by atoms with van der Waals surface area (Å²) >= 11 is 11.9. The van der Waals surface area contributed by atoms with Gasteiger partial charge in [-0.3, -0.25) is 4.79 Å². The van der Waals surface area contributed by atoms with Crippen molar-refractivity contribution in [2.45, 2.75) is 6.42 Å². The first-order valence-corrected chi connectivity index (χ1v) is 6.18. The van der Waals surface area contributed by atoms with Gasteiger partial charge < -0.3 is 5.11 Å². The predicted molar refractivity (Wildman–Crippen MR) is 73.2 cm³/mol. The number of hydrogen-bond donors (Lipinski definition) is 1. The van der Waals surface area contributed by atoms with Crippen LogP contribution in [0, 0.1) is 5.82 Å². The molecular weight excluding hydrogens is 290 g/mol.